The predicted molar refractivity (Wildman–Crippen MR) is 99.2 cm³/mol. The van der Waals surface area contributed by atoms with E-state index in [4.69, 9.17) is 4.74 Å². The molecule has 0 saturated carbocycles. The molecule has 4 rings (SSSR count). The number of halogens is 3. The molecule has 2 fully saturated rings. The summed E-state index contributed by atoms with van der Waals surface area (Å²) in [5.41, 5.74) is 1.11. The maximum Gasteiger partial charge on any atom is 0.406 e. The van der Waals surface area contributed by atoms with E-state index in [9.17, 15) is 18.0 Å². The Hall–Kier alpha value is -2.22. The Bertz CT molecular complexity index is 856. The molecule has 1 aromatic heterocycles. The number of nitrogens with zero attached hydrogens (tertiary/aromatic N) is 3. The zero-order valence-corrected chi connectivity index (χ0v) is 15.8. The number of aromatic nitrogens is 1. The maximum absolute atomic E-state index is 12.6. The first-order chi connectivity index (χ1) is 13.3. The van der Waals surface area contributed by atoms with Crippen LogP contribution in [0, 0.1) is 0 Å². The molecule has 0 aliphatic carbocycles. The summed E-state index contributed by atoms with van der Waals surface area (Å²) < 4.78 is 46.1. The Morgan fingerprint density at radius 2 is 1.86 bits per heavy atom. The number of alkyl halides is 3. The van der Waals surface area contributed by atoms with Crippen LogP contribution in [0.2, 0.25) is 0 Å². The van der Waals surface area contributed by atoms with Gasteiger partial charge in [-0.3, -0.25) is 9.69 Å². The van der Waals surface area contributed by atoms with Crippen LogP contribution in [0.1, 0.15) is 19.3 Å². The van der Waals surface area contributed by atoms with Crippen LogP contribution in [-0.4, -0.2) is 64.8 Å². The molecule has 5 nitrogen and oxygen atoms in total. The normalized spacial score (nSPS) is 22.4. The number of carbonyl (C=O) groups excluding carboxylic acids is 1. The molecule has 1 amide bonds. The summed E-state index contributed by atoms with van der Waals surface area (Å²) in [5.74, 6) is 0.454. The molecule has 0 radical (unpaired) electrons. The third-order valence-electron chi connectivity index (χ3n) is 5.74. The first kappa shape index (κ1) is 19.1. The van der Waals surface area contributed by atoms with Crippen LogP contribution >= 0.6 is 0 Å². The summed E-state index contributed by atoms with van der Waals surface area (Å²) in [6, 6.07) is 7.58. The largest absolute Gasteiger partial charge is 0.490 e. The number of rotatable bonds is 4. The highest BCUT2D eigenvalue weighted by Crippen LogP contribution is 2.30. The fourth-order valence-electron chi connectivity index (χ4n) is 4.30. The third-order valence-corrected chi connectivity index (χ3v) is 5.74. The molecule has 2 saturated heterocycles. The fourth-order valence-corrected chi connectivity index (χ4v) is 4.30. The first-order valence-electron chi connectivity index (χ1n) is 9.62. The second-order valence-corrected chi connectivity index (χ2v) is 7.65. The van der Waals surface area contributed by atoms with Crippen LogP contribution < -0.4 is 4.74 Å². The molecule has 3 heterocycles. The van der Waals surface area contributed by atoms with Crippen molar-refractivity contribution in [1.82, 2.24) is 14.4 Å². The van der Waals surface area contributed by atoms with E-state index < -0.39 is 24.7 Å². The molecule has 0 N–H and O–H groups in total. The van der Waals surface area contributed by atoms with Crippen LogP contribution in [0.4, 0.5) is 13.2 Å². The molecule has 1 atom stereocenters. The summed E-state index contributed by atoms with van der Waals surface area (Å²) >= 11 is 0. The van der Waals surface area contributed by atoms with Crippen molar-refractivity contribution in [2.45, 2.75) is 37.6 Å². The van der Waals surface area contributed by atoms with Gasteiger partial charge in [-0.25, -0.2) is 0 Å². The van der Waals surface area contributed by atoms with Crippen LogP contribution in [-0.2, 0) is 11.8 Å². The maximum atomic E-state index is 12.6. The van der Waals surface area contributed by atoms with Gasteiger partial charge < -0.3 is 14.2 Å². The number of aryl methyl sites for hydroxylation is 1. The lowest BCUT2D eigenvalue weighted by molar-refractivity contribution is -0.159. The molecule has 2 aliphatic rings. The van der Waals surface area contributed by atoms with Gasteiger partial charge in [-0.05, 0) is 37.5 Å². The lowest BCUT2D eigenvalue weighted by atomic mass is 10.0. The van der Waals surface area contributed by atoms with Crippen LogP contribution in [0.3, 0.4) is 0 Å². The SMILES string of the molecule is Cn1ccc2c(OC3CCN(C4CCN(CC(F)(F)F)C4=O)CC3)cccc21. The molecule has 0 bridgehead atoms. The summed E-state index contributed by atoms with van der Waals surface area (Å²) in [4.78, 5) is 15.3. The highest BCUT2D eigenvalue weighted by molar-refractivity contribution is 5.86. The number of carbonyl (C=O) groups is 1. The molecule has 152 valence electrons. The lowest BCUT2D eigenvalue weighted by Gasteiger charge is -2.35. The van der Waals surface area contributed by atoms with Gasteiger partial charge in [0.05, 0.1) is 11.6 Å². The topological polar surface area (TPSA) is 37.7 Å². The molecule has 1 aromatic carbocycles. The van der Waals surface area contributed by atoms with Gasteiger partial charge in [-0.2, -0.15) is 13.2 Å². The van der Waals surface area contributed by atoms with Crippen molar-refractivity contribution in [3.8, 4) is 5.75 Å². The summed E-state index contributed by atoms with van der Waals surface area (Å²) in [7, 11) is 1.99. The number of fused-ring (bicyclic) bond motifs is 1. The van der Waals surface area contributed by atoms with Crippen molar-refractivity contribution in [2.75, 3.05) is 26.2 Å². The summed E-state index contributed by atoms with van der Waals surface area (Å²) in [6.45, 7) is 0.343. The Balaban J connectivity index is 1.34. The van der Waals surface area contributed by atoms with Gasteiger partial charge in [-0.15, -0.1) is 0 Å². The average molecular weight is 395 g/mol. The van der Waals surface area contributed by atoms with Gasteiger partial charge in [-0.1, -0.05) is 6.07 Å². The number of amides is 1. The Morgan fingerprint density at radius 1 is 1.11 bits per heavy atom. The molecule has 2 aliphatic heterocycles. The van der Waals surface area contributed by atoms with E-state index in [-0.39, 0.29) is 12.6 Å². The summed E-state index contributed by atoms with van der Waals surface area (Å²) in [6.07, 6.45) is -0.324. The van der Waals surface area contributed by atoms with E-state index in [1.54, 1.807) is 0 Å². The molecule has 28 heavy (non-hydrogen) atoms. The van der Waals surface area contributed by atoms with Crippen molar-refractivity contribution in [2.24, 2.45) is 7.05 Å². The monoisotopic (exact) mass is 395 g/mol. The second-order valence-electron chi connectivity index (χ2n) is 7.65. The number of benzene rings is 1. The number of piperidine rings is 1. The van der Waals surface area contributed by atoms with Gasteiger partial charge >= 0.3 is 6.18 Å². The van der Waals surface area contributed by atoms with Gasteiger partial charge in [0.2, 0.25) is 5.91 Å². The van der Waals surface area contributed by atoms with E-state index in [2.05, 4.69) is 0 Å². The molecule has 2 aromatic rings. The van der Waals surface area contributed by atoms with Gasteiger partial charge in [0.15, 0.2) is 0 Å². The highest BCUT2D eigenvalue weighted by Gasteiger charge is 2.42. The second kappa shape index (κ2) is 7.31. The average Bonchev–Trinajstić information content (AvgIpc) is 3.19. The highest BCUT2D eigenvalue weighted by atomic mass is 19.4. The Kier molecular flexibility index (Phi) is 4.99. The molecule has 1 unspecified atom stereocenters. The van der Waals surface area contributed by atoms with E-state index in [0.717, 1.165) is 34.4 Å². The Labute approximate surface area is 161 Å². The predicted octanol–water partition coefficient (Wildman–Crippen LogP) is 3.18. The van der Waals surface area contributed by atoms with Crippen molar-refractivity contribution < 1.29 is 22.7 Å². The van der Waals surface area contributed by atoms with Gasteiger partial charge in [0, 0.05) is 38.3 Å². The zero-order valence-electron chi connectivity index (χ0n) is 15.8. The summed E-state index contributed by atoms with van der Waals surface area (Å²) in [5, 5.41) is 1.07. The molecular formula is C20H24F3N3O2. The molecule has 0 spiro atoms. The fraction of sp³-hybridized carbons (Fsp3) is 0.550. The van der Waals surface area contributed by atoms with Crippen molar-refractivity contribution in [3.05, 3.63) is 30.5 Å². The minimum absolute atomic E-state index is 0.0461. The quantitative estimate of drug-likeness (QED) is 0.798. The van der Waals surface area contributed by atoms with Gasteiger partial charge in [0.25, 0.3) is 0 Å². The number of hydrogen-bond donors (Lipinski definition) is 0. The van der Waals surface area contributed by atoms with Crippen LogP contribution in [0.25, 0.3) is 10.9 Å². The number of ether oxygens (including phenoxy) is 1. The van der Waals surface area contributed by atoms with Crippen molar-refractivity contribution in [1.29, 1.82) is 0 Å². The van der Waals surface area contributed by atoms with E-state index in [1.165, 1.54) is 0 Å². The van der Waals surface area contributed by atoms with E-state index in [1.807, 2.05) is 47.0 Å². The first-order valence-corrected chi connectivity index (χ1v) is 9.62. The van der Waals surface area contributed by atoms with Gasteiger partial charge in [0.1, 0.15) is 18.4 Å². The standard InChI is InChI=1S/C20H24F3N3O2/c1-24-9-7-15-16(24)3-2-4-18(15)28-14-5-10-25(11-6-14)17-8-12-26(19(17)27)13-20(21,22)23/h2-4,7,9,14,17H,5-6,8,10-13H2,1H3. The zero-order chi connectivity index (χ0) is 19.9. The number of likely N-dealkylation sites (tertiary alicyclic amines) is 2. The van der Waals surface area contributed by atoms with E-state index in [0.29, 0.717) is 19.5 Å². The van der Waals surface area contributed by atoms with Crippen molar-refractivity contribution >= 4 is 16.8 Å². The van der Waals surface area contributed by atoms with E-state index >= 15 is 0 Å². The van der Waals surface area contributed by atoms with Crippen LogP contribution in [0.15, 0.2) is 30.5 Å². The molecular weight excluding hydrogens is 371 g/mol. The van der Waals surface area contributed by atoms with Crippen molar-refractivity contribution in [3.63, 3.8) is 0 Å². The minimum atomic E-state index is -4.34. The smallest absolute Gasteiger partial charge is 0.406 e. The minimum Gasteiger partial charge on any atom is -0.490 e. The lowest BCUT2D eigenvalue weighted by Crippen LogP contribution is -2.48. The Morgan fingerprint density at radius 3 is 2.57 bits per heavy atom. The van der Waals surface area contributed by atoms with Crippen LogP contribution in [0.5, 0.6) is 5.75 Å². The third kappa shape index (κ3) is 3.83. The number of hydrogen-bond acceptors (Lipinski definition) is 3. The molecule has 8 heteroatoms.